The highest BCUT2D eigenvalue weighted by Gasteiger charge is 2.42. The van der Waals surface area contributed by atoms with E-state index in [4.69, 9.17) is 4.74 Å². The third-order valence-corrected chi connectivity index (χ3v) is 7.56. The number of nitrogens with zero attached hydrogens (tertiary/aromatic N) is 1. The van der Waals surface area contributed by atoms with Crippen molar-refractivity contribution in [2.24, 2.45) is 4.99 Å². The van der Waals surface area contributed by atoms with Crippen molar-refractivity contribution in [2.75, 3.05) is 39.1 Å². The van der Waals surface area contributed by atoms with Gasteiger partial charge in [-0.1, -0.05) is 6.92 Å². The van der Waals surface area contributed by atoms with Crippen molar-refractivity contribution in [3.05, 3.63) is 22.4 Å². The smallest absolute Gasteiger partial charge is 0.191 e. The maximum atomic E-state index is 12.3. The molecule has 26 heavy (non-hydrogen) atoms. The number of sulfone groups is 1. The Labute approximate surface area is 178 Å². The van der Waals surface area contributed by atoms with Crippen LogP contribution in [-0.2, 0) is 14.6 Å². The lowest BCUT2D eigenvalue weighted by Gasteiger charge is -2.34. The van der Waals surface area contributed by atoms with Crippen LogP contribution in [0.1, 0.15) is 38.2 Å². The quantitative estimate of drug-likeness (QED) is 0.332. The number of guanidine groups is 1. The van der Waals surface area contributed by atoms with Crippen molar-refractivity contribution in [3.63, 3.8) is 0 Å². The third-order valence-electron chi connectivity index (χ3n) is 4.75. The van der Waals surface area contributed by atoms with E-state index in [2.05, 4.69) is 39.4 Å². The van der Waals surface area contributed by atoms with E-state index in [1.165, 1.54) is 11.8 Å². The zero-order valence-electron chi connectivity index (χ0n) is 15.7. The van der Waals surface area contributed by atoms with Gasteiger partial charge in [0, 0.05) is 32.6 Å². The zero-order chi connectivity index (χ0) is 18.3. The lowest BCUT2D eigenvalue weighted by molar-refractivity contribution is 0.0768. The van der Waals surface area contributed by atoms with Crippen LogP contribution in [-0.4, -0.2) is 58.2 Å². The molecule has 0 aliphatic carbocycles. The van der Waals surface area contributed by atoms with Gasteiger partial charge in [-0.25, -0.2) is 8.42 Å². The Kier molecular flexibility index (Phi) is 9.84. The zero-order valence-corrected chi connectivity index (χ0v) is 19.6. The van der Waals surface area contributed by atoms with Crippen molar-refractivity contribution < 1.29 is 13.2 Å². The van der Waals surface area contributed by atoms with Gasteiger partial charge in [0.2, 0.25) is 0 Å². The summed E-state index contributed by atoms with van der Waals surface area (Å²) in [5.74, 6) is 1.03. The van der Waals surface area contributed by atoms with Crippen LogP contribution < -0.4 is 10.6 Å². The summed E-state index contributed by atoms with van der Waals surface area (Å²) in [6, 6.07) is 2.13. The maximum Gasteiger partial charge on any atom is 0.191 e. The second kappa shape index (κ2) is 10.8. The summed E-state index contributed by atoms with van der Waals surface area (Å²) in [5, 5.41) is 10.8. The number of aliphatic imine (C=N–C) groups is 1. The molecule has 0 bridgehead atoms. The lowest BCUT2D eigenvalue weighted by atomic mass is 9.99. The van der Waals surface area contributed by atoms with Crippen LogP contribution >= 0.6 is 35.3 Å². The molecule has 0 radical (unpaired) electrons. The van der Waals surface area contributed by atoms with E-state index in [0.717, 1.165) is 13.1 Å². The number of thiophene rings is 1. The van der Waals surface area contributed by atoms with Gasteiger partial charge in [0.1, 0.15) is 0 Å². The molecule has 0 amide bonds. The average Bonchev–Trinajstić information content (AvgIpc) is 3.11. The molecule has 6 nitrogen and oxygen atoms in total. The van der Waals surface area contributed by atoms with Crippen molar-refractivity contribution in [3.8, 4) is 0 Å². The summed E-state index contributed by atoms with van der Waals surface area (Å²) in [6.45, 7) is 6.85. The molecule has 2 N–H and O–H groups in total. The van der Waals surface area contributed by atoms with Gasteiger partial charge < -0.3 is 15.4 Å². The first kappa shape index (κ1) is 23.6. The predicted octanol–water partition coefficient (Wildman–Crippen LogP) is 2.62. The molecule has 9 heteroatoms. The third kappa shape index (κ3) is 6.35. The van der Waals surface area contributed by atoms with Gasteiger partial charge in [-0.15, -0.1) is 24.0 Å². The molecule has 150 valence electrons. The Morgan fingerprint density at radius 1 is 1.38 bits per heavy atom. The Hall–Kier alpha value is -0.390. The molecule has 1 fully saturated rings. The van der Waals surface area contributed by atoms with Crippen LogP contribution in [0.2, 0.25) is 0 Å². The summed E-state index contributed by atoms with van der Waals surface area (Å²) in [7, 11) is -3.21. The molecular weight excluding hydrogens is 485 g/mol. The Morgan fingerprint density at radius 3 is 2.62 bits per heavy atom. The second-order valence-electron chi connectivity index (χ2n) is 6.60. The molecule has 0 aromatic carbocycles. The molecule has 1 aromatic rings. The van der Waals surface area contributed by atoms with Crippen LogP contribution in [0.15, 0.2) is 21.8 Å². The van der Waals surface area contributed by atoms with Crippen molar-refractivity contribution in [2.45, 2.75) is 37.4 Å². The minimum atomic E-state index is -3.21. The molecule has 0 saturated carbocycles. The van der Waals surface area contributed by atoms with E-state index in [9.17, 15) is 8.42 Å². The Morgan fingerprint density at radius 2 is 2.08 bits per heavy atom. The van der Waals surface area contributed by atoms with E-state index in [1.807, 2.05) is 6.92 Å². The van der Waals surface area contributed by atoms with E-state index < -0.39 is 14.6 Å². The number of ether oxygens (including phenoxy) is 1. The van der Waals surface area contributed by atoms with Crippen molar-refractivity contribution >= 4 is 51.1 Å². The largest absolute Gasteiger partial charge is 0.381 e. The molecule has 1 unspecified atom stereocenters. The highest BCUT2D eigenvalue weighted by atomic mass is 127. The molecule has 1 aromatic heterocycles. The van der Waals surface area contributed by atoms with Crippen molar-refractivity contribution in [1.82, 2.24) is 10.6 Å². The van der Waals surface area contributed by atoms with Gasteiger partial charge >= 0.3 is 0 Å². The molecule has 2 rings (SSSR count). The predicted molar refractivity (Wildman–Crippen MR) is 120 cm³/mol. The molecule has 1 atom stereocenters. The standard InChI is InChI=1S/C17H29N3O3S2.HI/c1-4-18-16(19-11-14(2)15-5-10-24-12-15)20-13-17(25(3,21)22)6-8-23-9-7-17;/h5,10,12,14H,4,6-9,11,13H2,1-3H3,(H2,18,19,20);1H. The summed E-state index contributed by atoms with van der Waals surface area (Å²) in [5.41, 5.74) is 1.30. The molecule has 1 aliphatic rings. The minimum Gasteiger partial charge on any atom is -0.381 e. The van der Waals surface area contributed by atoms with E-state index in [0.29, 0.717) is 37.9 Å². The molecular formula is C17H30IN3O3S2. The minimum absolute atomic E-state index is 0. The Bertz CT molecular complexity index is 657. The number of halogens is 1. The summed E-state index contributed by atoms with van der Waals surface area (Å²) in [4.78, 5) is 4.59. The molecule has 2 heterocycles. The van der Waals surface area contributed by atoms with E-state index in [-0.39, 0.29) is 30.5 Å². The van der Waals surface area contributed by atoms with Crippen LogP contribution in [0.25, 0.3) is 0 Å². The highest BCUT2D eigenvalue weighted by molar-refractivity contribution is 14.0. The van der Waals surface area contributed by atoms with Crippen molar-refractivity contribution in [1.29, 1.82) is 0 Å². The molecule has 0 spiro atoms. The Balaban J connectivity index is 0.00000338. The normalized spacial score (nSPS) is 18.7. The number of nitrogens with one attached hydrogen (secondary N) is 2. The summed E-state index contributed by atoms with van der Waals surface area (Å²) >= 11 is 1.69. The first-order chi connectivity index (χ1) is 11.9. The fourth-order valence-corrected chi connectivity index (χ4v) is 4.87. The second-order valence-corrected chi connectivity index (χ2v) is 9.79. The topological polar surface area (TPSA) is 79.8 Å². The summed E-state index contributed by atoms with van der Waals surface area (Å²) < 4.78 is 29.2. The van der Waals surface area contributed by atoms with Crippen LogP contribution in [0.3, 0.4) is 0 Å². The van der Waals surface area contributed by atoms with E-state index in [1.54, 1.807) is 11.3 Å². The first-order valence-electron chi connectivity index (χ1n) is 8.69. The maximum absolute atomic E-state index is 12.3. The molecule has 1 saturated heterocycles. The van der Waals surface area contributed by atoms with Crippen LogP contribution in [0.4, 0.5) is 0 Å². The highest BCUT2D eigenvalue weighted by Crippen LogP contribution is 2.29. The fraction of sp³-hybridized carbons (Fsp3) is 0.706. The summed E-state index contributed by atoms with van der Waals surface area (Å²) in [6.07, 6.45) is 2.31. The van der Waals surface area contributed by atoms with Gasteiger partial charge in [0.05, 0.1) is 11.3 Å². The average molecular weight is 515 g/mol. The number of rotatable bonds is 7. The van der Waals surface area contributed by atoms with Gasteiger partial charge in [0.25, 0.3) is 0 Å². The van der Waals surface area contributed by atoms with Gasteiger partial charge in [-0.2, -0.15) is 11.3 Å². The number of hydrogen-bond donors (Lipinski definition) is 2. The molecule has 1 aliphatic heterocycles. The monoisotopic (exact) mass is 515 g/mol. The van der Waals surface area contributed by atoms with Crippen LogP contribution in [0, 0.1) is 0 Å². The fourth-order valence-electron chi connectivity index (χ4n) is 2.88. The van der Waals surface area contributed by atoms with Gasteiger partial charge in [-0.05, 0) is 48.1 Å². The SMILES string of the molecule is CCNC(=NCC1(S(C)(=O)=O)CCOCC1)NCC(C)c1ccsc1.I. The lowest BCUT2D eigenvalue weighted by Crippen LogP contribution is -2.47. The van der Waals surface area contributed by atoms with E-state index >= 15 is 0 Å². The number of hydrogen-bond acceptors (Lipinski definition) is 5. The van der Waals surface area contributed by atoms with Gasteiger partial charge in [-0.3, -0.25) is 4.99 Å². The van der Waals surface area contributed by atoms with Gasteiger partial charge in [0.15, 0.2) is 15.8 Å². The first-order valence-corrected chi connectivity index (χ1v) is 11.5. The van der Waals surface area contributed by atoms with Crippen LogP contribution in [0.5, 0.6) is 0 Å².